The molecule has 1 heterocycles. The van der Waals surface area contributed by atoms with Gasteiger partial charge in [0, 0.05) is 19.3 Å². The van der Waals surface area contributed by atoms with E-state index in [9.17, 15) is 9.18 Å². The molecular weight excluding hydrogens is 345 g/mol. The van der Waals surface area contributed by atoms with Crippen LogP contribution in [-0.2, 0) is 6.54 Å². The number of ether oxygens (including phenoxy) is 1. The molecule has 0 bridgehead atoms. The van der Waals surface area contributed by atoms with Crippen LogP contribution in [0.1, 0.15) is 28.8 Å². The standard InChI is InChI=1S/C18H19ClFN3O2/c1-25-15-5-4-12(8-14(15)20)10-23-18(24)16-13(19)6-7-21-17(16)22-9-11-2-3-11/h4-8,11H,2-3,9-10H2,1H3,(H,21,22)(H,23,24). The largest absolute Gasteiger partial charge is 0.494 e. The van der Waals surface area contributed by atoms with Crippen molar-refractivity contribution in [2.24, 2.45) is 5.92 Å². The molecule has 0 unspecified atom stereocenters. The Kier molecular flexibility index (Phi) is 5.38. The predicted molar refractivity (Wildman–Crippen MR) is 94.6 cm³/mol. The molecule has 0 radical (unpaired) electrons. The Balaban J connectivity index is 1.69. The van der Waals surface area contributed by atoms with E-state index in [1.807, 2.05) is 0 Å². The van der Waals surface area contributed by atoms with E-state index in [2.05, 4.69) is 15.6 Å². The van der Waals surface area contributed by atoms with Crippen LogP contribution in [0.5, 0.6) is 5.75 Å². The molecule has 0 spiro atoms. The van der Waals surface area contributed by atoms with E-state index in [-0.39, 0.29) is 18.2 Å². The first-order chi connectivity index (χ1) is 12.1. The van der Waals surface area contributed by atoms with Crippen LogP contribution in [0.15, 0.2) is 30.5 Å². The molecule has 1 aliphatic rings. The van der Waals surface area contributed by atoms with Crippen molar-refractivity contribution in [1.29, 1.82) is 0 Å². The highest BCUT2D eigenvalue weighted by molar-refractivity contribution is 6.34. The Morgan fingerprint density at radius 2 is 2.20 bits per heavy atom. The Morgan fingerprint density at radius 1 is 1.40 bits per heavy atom. The number of halogens is 2. The van der Waals surface area contributed by atoms with Crippen molar-refractivity contribution >= 4 is 23.3 Å². The number of rotatable bonds is 7. The van der Waals surface area contributed by atoms with Crippen LogP contribution in [0, 0.1) is 11.7 Å². The monoisotopic (exact) mass is 363 g/mol. The molecule has 5 nitrogen and oxygen atoms in total. The molecule has 2 N–H and O–H groups in total. The second-order valence-corrected chi connectivity index (χ2v) is 6.40. The number of benzene rings is 1. The van der Waals surface area contributed by atoms with Gasteiger partial charge in [-0.3, -0.25) is 4.79 Å². The fourth-order valence-electron chi connectivity index (χ4n) is 2.44. The lowest BCUT2D eigenvalue weighted by molar-refractivity contribution is 0.0951. The van der Waals surface area contributed by atoms with Crippen LogP contribution in [-0.4, -0.2) is 24.5 Å². The average molecular weight is 364 g/mol. The first-order valence-electron chi connectivity index (χ1n) is 8.07. The van der Waals surface area contributed by atoms with Gasteiger partial charge >= 0.3 is 0 Å². The molecule has 1 aromatic heterocycles. The minimum absolute atomic E-state index is 0.164. The maximum absolute atomic E-state index is 13.7. The summed E-state index contributed by atoms with van der Waals surface area (Å²) in [5.41, 5.74) is 0.929. The lowest BCUT2D eigenvalue weighted by Gasteiger charge is -2.13. The molecule has 3 rings (SSSR count). The number of carbonyl (C=O) groups is 1. The number of carbonyl (C=O) groups excluding carboxylic acids is 1. The molecule has 1 aromatic carbocycles. The highest BCUT2D eigenvalue weighted by Crippen LogP contribution is 2.30. The Bertz CT molecular complexity index is 781. The van der Waals surface area contributed by atoms with Gasteiger partial charge in [0.05, 0.1) is 12.1 Å². The number of anilines is 1. The van der Waals surface area contributed by atoms with Crippen molar-refractivity contribution in [3.63, 3.8) is 0 Å². The molecule has 0 saturated heterocycles. The SMILES string of the molecule is COc1ccc(CNC(=O)c2c(Cl)ccnc2NCC2CC2)cc1F. The molecule has 1 fully saturated rings. The quantitative estimate of drug-likeness (QED) is 0.788. The van der Waals surface area contributed by atoms with E-state index in [4.69, 9.17) is 16.3 Å². The predicted octanol–water partition coefficient (Wildman–Crippen LogP) is 3.63. The molecule has 7 heteroatoms. The molecule has 1 amide bonds. The van der Waals surface area contributed by atoms with Gasteiger partial charge in [0.15, 0.2) is 11.6 Å². The molecule has 1 aliphatic carbocycles. The summed E-state index contributed by atoms with van der Waals surface area (Å²) in [5, 5.41) is 6.27. The zero-order valence-electron chi connectivity index (χ0n) is 13.8. The van der Waals surface area contributed by atoms with Gasteiger partial charge in [-0.1, -0.05) is 17.7 Å². The molecular formula is C18H19ClFN3O2. The topological polar surface area (TPSA) is 63.2 Å². The minimum Gasteiger partial charge on any atom is -0.494 e. The summed E-state index contributed by atoms with van der Waals surface area (Å²) in [6.07, 6.45) is 3.95. The zero-order valence-corrected chi connectivity index (χ0v) is 14.6. The average Bonchev–Trinajstić information content (AvgIpc) is 3.42. The van der Waals surface area contributed by atoms with Crippen molar-refractivity contribution in [1.82, 2.24) is 10.3 Å². The number of methoxy groups -OCH3 is 1. The first-order valence-corrected chi connectivity index (χ1v) is 8.45. The van der Waals surface area contributed by atoms with Crippen LogP contribution >= 0.6 is 11.6 Å². The van der Waals surface area contributed by atoms with Gasteiger partial charge in [0.25, 0.3) is 5.91 Å². The van der Waals surface area contributed by atoms with E-state index >= 15 is 0 Å². The van der Waals surface area contributed by atoms with Gasteiger partial charge in [-0.05, 0) is 42.5 Å². The second kappa shape index (κ2) is 7.70. The van der Waals surface area contributed by atoms with Gasteiger partial charge < -0.3 is 15.4 Å². The highest BCUT2D eigenvalue weighted by Gasteiger charge is 2.23. The lowest BCUT2D eigenvalue weighted by atomic mass is 10.2. The highest BCUT2D eigenvalue weighted by atomic mass is 35.5. The maximum Gasteiger partial charge on any atom is 0.256 e. The summed E-state index contributed by atoms with van der Waals surface area (Å²) >= 11 is 6.18. The molecule has 0 atom stereocenters. The zero-order chi connectivity index (χ0) is 17.8. The summed E-state index contributed by atoms with van der Waals surface area (Å²) in [6.45, 7) is 0.949. The normalized spacial score (nSPS) is 13.4. The fourth-order valence-corrected chi connectivity index (χ4v) is 2.67. The van der Waals surface area contributed by atoms with Crippen molar-refractivity contribution in [3.05, 3.63) is 52.4 Å². The summed E-state index contributed by atoms with van der Waals surface area (Å²) in [7, 11) is 1.40. The summed E-state index contributed by atoms with van der Waals surface area (Å²) < 4.78 is 18.6. The van der Waals surface area contributed by atoms with Crippen molar-refractivity contribution in [3.8, 4) is 5.75 Å². The van der Waals surface area contributed by atoms with Crippen LogP contribution in [0.3, 0.4) is 0 Å². The number of nitrogens with zero attached hydrogens (tertiary/aromatic N) is 1. The van der Waals surface area contributed by atoms with Gasteiger partial charge in [0.2, 0.25) is 0 Å². The minimum atomic E-state index is -0.472. The maximum atomic E-state index is 13.7. The summed E-state index contributed by atoms with van der Waals surface area (Å²) in [4.78, 5) is 16.8. The van der Waals surface area contributed by atoms with Gasteiger partial charge in [0.1, 0.15) is 11.4 Å². The number of aromatic nitrogens is 1. The third-order valence-electron chi connectivity index (χ3n) is 4.05. The molecule has 2 aromatic rings. The first kappa shape index (κ1) is 17.5. The van der Waals surface area contributed by atoms with Gasteiger partial charge in [-0.15, -0.1) is 0 Å². The fraction of sp³-hybridized carbons (Fsp3) is 0.333. The number of pyridine rings is 1. The molecule has 1 saturated carbocycles. The van der Waals surface area contributed by atoms with Crippen LogP contribution in [0.4, 0.5) is 10.2 Å². The van der Waals surface area contributed by atoms with E-state index in [1.165, 1.54) is 32.1 Å². The Hall–Kier alpha value is -2.34. The summed E-state index contributed by atoms with van der Waals surface area (Å²) in [5.74, 6) is 0.446. The Morgan fingerprint density at radius 3 is 2.88 bits per heavy atom. The number of hydrogen-bond donors (Lipinski definition) is 2. The van der Waals surface area contributed by atoms with Gasteiger partial charge in [-0.2, -0.15) is 0 Å². The number of hydrogen-bond acceptors (Lipinski definition) is 4. The molecule has 25 heavy (non-hydrogen) atoms. The second-order valence-electron chi connectivity index (χ2n) is 5.99. The lowest BCUT2D eigenvalue weighted by Crippen LogP contribution is -2.25. The molecule has 132 valence electrons. The number of nitrogens with one attached hydrogen (secondary N) is 2. The Labute approximate surface area is 150 Å². The van der Waals surface area contributed by atoms with Crippen molar-refractivity contribution in [2.75, 3.05) is 19.0 Å². The van der Waals surface area contributed by atoms with E-state index in [0.717, 1.165) is 6.54 Å². The third-order valence-corrected chi connectivity index (χ3v) is 4.37. The van der Waals surface area contributed by atoms with Crippen LogP contribution in [0.25, 0.3) is 0 Å². The smallest absolute Gasteiger partial charge is 0.256 e. The van der Waals surface area contributed by atoms with Crippen LogP contribution in [0.2, 0.25) is 5.02 Å². The third kappa shape index (κ3) is 4.39. The van der Waals surface area contributed by atoms with E-state index in [0.29, 0.717) is 27.9 Å². The van der Waals surface area contributed by atoms with Crippen LogP contribution < -0.4 is 15.4 Å². The van der Waals surface area contributed by atoms with Gasteiger partial charge in [-0.25, -0.2) is 9.37 Å². The molecule has 0 aliphatic heterocycles. The van der Waals surface area contributed by atoms with Crippen molar-refractivity contribution in [2.45, 2.75) is 19.4 Å². The summed E-state index contributed by atoms with van der Waals surface area (Å²) in [6, 6.07) is 6.12. The van der Waals surface area contributed by atoms with E-state index in [1.54, 1.807) is 18.3 Å². The van der Waals surface area contributed by atoms with E-state index < -0.39 is 5.82 Å². The van der Waals surface area contributed by atoms with Crippen molar-refractivity contribution < 1.29 is 13.9 Å². The number of amides is 1.